The molecule has 0 saturated heterocycles. The second-order valence-electron chi connectivity index (χ2n) is 6.47. The summed E-state index contributed by atoms with van der Waals surface area (Å²) in [5.74, 6) is -0.174. The number of H-pyrrole nitrogens is 1. The van der Waals surface area contributed by atoms with Crippen LogP contribution in [0.15, 0.2) is 24.4 Å². The fourth-order valence-corrected chi connectivity index (χ4v) is 3.08. The first kappa shape index (κ1) is 17.7. The molecule has 0 bridgehead atoms. The second kappa shape index (κ2) is 6.11. The Kier molecular flexibility index (Phi) is 4.71. The number of nitrogens with two attached hydrogens (primary N) is 1. The molecule has 1 aromatic heterocycles. The summed E-state index contributed by atoms with van der Waals surface area (Å²) in [7, 11) is 0. The van der Waals surface area contributed by atoms with Crippen LogP contribution >= 0.6 is 12.4 Å². The van der Waals surface area contributed by atoms with E-state index in [4.69, 9.17) is 10.5 Å². The van der Waals surface area contributed by atoms with Crippen molar-refractivity contribution in [2.24, 2.45) is 11.1 Å². The third-order valence-corrected chi connectivity index (χ3v) is 4.93. The van der Waals surface area contributed by atoms with Gasteiger partial charge in [0.05, 0.1) is 17.8 Å². The van der Waals surface area contributed by atoms with Crippen molar-refractivity contribution in [1.29, 1.82) is 0 Å². The highest BCUT2D eigenvalue weighted by atomic mass is 35.5. The molecule has 2 unspecified atom stereocenters. The van der Waals surface area contributed by atoms with E-state index in [9.17, 15) is 4.79 Å². The highest BCUT2D eigenvalue weighted by Crippen LogP contribution is 2.50. The number of fused-ring (bicyclic) bond motifs is 1. The monoisotopic (exact) mass is 338 g/mol. The molecule has 1 fully saturated rings. The normalized spacial score (nSPS) is 25.5. The average molecular weight is 339 g/mol. The lowest BCUT2D eigenvalue weighted by Gasteiger charge is -2.57. The van der Waals surface area contributed by atoms with Gasteiger partial charge in [-0.15, -0.1) is 12.4 Å². The van der Waals surface area contributed by atoms with Crippen molar-refractivity contribution < 1.29 is 9.53 Å². The van der Waals surface area contributed by atoms with E-state index in [0.717, 1.165) is 10.9 Å². The van der Waals surface area contributed by atoms with E-state index in [0.29, 0.717) is 18.7 Å². The largest absolute Gasteiger partial charge is 0.378 e. The van der Waals surface area contributed by atoms with Crippen molar-refractivity contribution in [2.75, 3.05) is 11.9 Å². The quantitative estimate of drug-likeness (QED) is 0.798. The molecular formula is C16H23ClN4O2. The van der Waals surface area contributed by atoms with Crippen LogP contribution in [0.1, 0.15) is 27.2 Å². The van der Waals surface area contributed by atoms with Gasteiger partial charge in [-0.25, -0.2) is 0 Å². The zero-order valence-corrected chi connectivity index (χ0v) is 14.4. The summed E-state index contributed by atoms with van der Waals surface area (Å²) in [6.45, 7) is 6.54. The fourth-order valence-electron chi connectivity index (χ4n) is 3.08. The molecule has 6 nitrogen and oxygen atoms in total. The molecule has 1 aliphatic rings. The standard InChI is InChI=1S/C16H22N4O2.ClH/c1-4-22-13-8-16(17,15(13,2)3)14(21)19-11-6-5-10-9-18-20-12(10)7-11;/h5-7,9,13H,4,8,17H2,1-3H3,(H,18,20)(H,19,21);1H. The van der Waals surface area contributed by atoms with Crippen molar-refractivity contribution in [3.05, 3.63) is 24.4 Å². The van der Waals surface area contributed by atoms with E-state index in [1.807, 2.05) is 39.0 Å². The summed E-state index contributed by atoms with van der Waals surface area (Å²) in [4.78, 5) is 12.6. The van der Waals surface area contributed by atoms with Crippen LogP contribution < -0.4 is 11.1 Å². The number of benzene rings is 1. The number of amides is 1. The predicted molar refractivity (Wildman–Crippen MR) is 92.7 cm³/mol. The molecular weight excluding hydrogens is 316 g/mol. The second-order valence-corrected chi connectivity index (χ2v) is 6.47. The van der Waals surface area contributed by atoms with Crippen molar-refractivity contribution in [1.82, 2.24) is 10.2 Å². The van der Waals surface area contributed by atoms with Gasteiger partial charge in [-0.05, 0) is 25.1 Å². The molecule has 3 rings (SSSR count). The highest BCUT2D eigenvalue weighted by molar-refractivity contribution is 6.01. The number of halogens is 1. The third kappa shape index (κ3) is 2.71. The minimum absolute atomic E-state index is 0. The van der Waals surface area contributed by atoms with E-state index in [-0.39, 0.29) is 24.4 Å². The van der Waals surface area contributed by atoms with Gasteiger partial charge in [-0.2, -0.15) is 5.10 Å². The third-order valence-electron chi connectivity index (χ3n) is 4.93. The first-order valence-corrected chi connectivity index (χ1v) is 7.53. The molecule has 23 heavy (non-hydrogen) atoms. The van der Waals surface area contributed by atoms with Crippen LogP contribution in [-0.2, 0) is 9.53 Å². The minimum Gasteiger partial charge on any atom is -0.378 e. The molecule has 126 valence electrons. The average Bonchev–Trinajstić information content (AvgIpc) is 2.94. The summed E-state index contributed by atoms with van der Waals surface area (Å²) in [6, 6.07) is 5.62. The van der Waals surface area contributed by atoms with E-state index >= 15 is 0 Å². The summed E-state index contributed by atoms with van der Waals surface area (Å²) < 4.78 is 5.66. The molecule has 1 heterocycles. The van der Waals surface area contributed by atoms with Crippen LogP contribution in [-0.4, -0.2) is 34.4 Å². The maximum absolute atomic E-state index is 12.6. The smallest absolute Gasteiger partial charge is 0.245 e. The zero-order valence-electron chi connectivity index (χ0n) is 13.6. The molecule has 7 heteroatoms. The summed E-state index contributed by atoms with van der Waals surface area (Å²) in [6.07, 6.45) is 2.29. The van der Waals surface area contributed by atoms with E-state index in [1.54, 1.807) is 6.20 Å². The van der Waals surface area contributed by atoms with Crippen molar-refractivity contribution in [3.63, 3.8) is 0 Å². The predicted octanol–water partition coefficient (Wildman–Crippen LogP) is 2.46. The van der Waals surface area contributed by atoms with Crippen LogP contribution in [0.2, 0.25) is 0 Å². The number of aromatic nitrogens is 2. The van der Waals surface area contributed by atoms with Gasteiger partial charge in [-0.3, -0.25) is 9.89 Å². The number of ether oxygens (including phenoxy) is 1. The van der Waals surface area contributed by atoms with Crippen molar-refractivity contribution >= 4 is 34.9 Å². The molecule has 2 aromatic rings. The number of nitrogens with zero attached hydrogens (tertiary/aromatic N) is 1. The van der Waals surface area contributed by atoms with Gasteiger partial charge >= 0.3 is 0 Å². The van der Waals surface area contributed by atoms with Gasteiger partial charge in [0.1, 0.15) is 5.54 Å². The Labute approximate surface area is 141 Å². The van der Waals surface area contributed by atoms with Crippen LogP contribution in [0.25, 0.3) is 10.9 Å². The van der Waals surface area contributed by atoms with Gasteiger partial charge < -0.3 is 15.8 Å². The van der Waals surface area contributed by atoms with Crippen molar-refractivity contribution in [3.8, 4) is 0 Å². The van der Waals surface area contributed by atoms with Gasteiger partial charge in [0.2, 0.25) is 5.91 Å². The van der Waals surface area contributed by atoms with Crippen LogP contribution in [0.5, 0.6) is 0 Å². The first-order valence-electron chi connectivity index (χ1n) is 7.53. The summed E-state index contributed by atoms with van der Waals surface area (Å²) in [5, 5.41) is 10.8. The molecule has 1 aromatic carbocycles. The lowest BCUT2D eigenvalue weighted by Crippen LogP contribution is -2.74. The van der Waals surface area contributed by atoms with E-state index in [2.05, 4.69) is 15.5 Å². The van der Waals surface area contributed by atoms with Crippen molar-refractivity contribution in [2.45, 2.75) is 38.8 Å². The fraction of sp³-hybridized carbons (Fsp3) is 0.500. The molecule has 1 saturated carbocycles. The molecule has 1 aliphatic carbocycles. The first-order chi connectivity index (χ1) is 10.4. The molecule has 0 aliphatic heterocycles. The van der Waals surface area contributed by atoms with E-state index in [1.165, 1.54) is 0 Å². The Morgan fingerprint density at radius 3 is 2.91 bits per heavy atom. The molecule has 4 N–H and O–H groups in total. The number of aromatic amines is 1. The number of rotatable bonds is 4. The van der Waals surface area contributed by atoms with E-state index < -0.39 is 11.0 Å². The number of carbonyl (C=O) groups excluding carboxylic acids is 1. The number of hydrogen-bond donors (Lipinski definition) is 3. The Morgan fingerprint density at radius 2 is 2.26 bits per heavy atom. The topological polar surface area (TPSA) is 93.0 Å². The zero-order chi connectivity index (χ0) is 16.0. The SMILES string of the molecule is CCOC1CC(N)(C(=O)Nc2ccc3cn[nH]c3c2)C1(C)C.Cl. The number of nitrogens with one attached hydrogen (secondary N) is 2. The summed E-state index contributed by atoms with van der Waals surface area (Å²) in [5.41, 5.74) is 6.64. The maximum atomic E-state index is 12.6. The number of hydrogen-bond acceptors (Lipinski definition) is 4. The van der Waals surface area contributed by atoms with Crippen LogP contribution in [0.4, 0.5) is 5.69 Å². The number of carbonyl (C=O) groups is 1. The molecule has 0 radical (unpaired) electrons. The minimum atomic E-state index is -0.921. The number of anilines is 1. The maximum Gasteiger partial charge on any atom is 0.245 e. The van der Waals surface area contributed by atoms with Crippen LogP contribution in [0.3, 0.4) is 0 Å². The Balaban J connectivity index is 0.00000192. The lowest BCUT2D eigenvalue weighted by atomic mass is 9.54. The molecule has 1 amide bonds. The Morgan fingerprint density at radius 1 is 1.52 bits per heavy atom. The lowest BCUT2D eigenvalue weighted by molar-refractivity contribution is -0.166. The van der Waals surface area contributed by atoms with Gasteiger partial charge in [-0.1, -0.05) is 13.8 Å². The Bertz CT molecular complexity index is 715. The van der Waals surface area contributed by atoms with Gasteiger partial charge in [0.15, 0.2) is 0 Å². The van der Waals surface area contributed by atoms with Crippen LogP contribution in [0, 0.1) is 5.41 Å². The molecule has 2 atom stereocenters. The Hall–Kier alpha value is -1.63. The highest BCUT2D eigenvalue weighted by Gasteiger charge is 2.62. The van der Waals surface area contributed by atoms with Gasteiger partial charge in [0, 0.05) is 29.5 Å². The summed E-state index contributed by atoms with van der Waals surface area (Å²) >= 11 is 0. The molecule has 0 spiro atoms. The van der Waals surface area contributed by atoms with Gasteiger partial charge in [0.25, 0.3) is 0 Å².